The van der Waals surface area contributed by atoms with Crippen molar-refractivity contribution in [3.05, 3.63) is 75.6 Å². The molecule has 3 unspecified atom stereocenters. The van der Waals surface area contributed by atoms with Gasteiger partial charge in [-0.2, -0.15) is 0 Å². The molecule has 2 amide bonds. The summed E-state index contributed by atoms with van der Waals surface area (Å²) in [7, 11) is 0. The van der Waals surface area contributed by atoms with Crippen LogP contribution in [-0.4, -0.2) is 64.3 Å². The van der Waals surface area contributed by atoms with Crippen LogP contribution in [0.1, 0.15) is 67.3 Å². The van der Waals surface area contributed by atoms with Crippen molar-refractivity contribution >= 4 is 17.5 Å². The van der Waals surface area contributed by atoms with Crippen LogP contribution >= 0.6 is 0 Å². The molecule has 5 rings (SSSR count). The largest absolute Gasteiger partial charge is 0.354 e. The van der Waals surface area contributed by atoms with E-state index in [4.69, 9.17) is 5.73 Å². The van der Waals surface area contributed by atoms with Gasteiger partial charge in [0.25, 0.3) is 11.6 Å². The Morgan fingerprint density at radius 3 is 2.34 bits per heavy atom. The van der Waals surface area contributed by atoms with Gasteiger partial charge in [-0.1, -0.05) is 18.6 Å². The van der Waals surface area contributed by atoms with E-state index in [1.807, 2.05) is 0 Å². The summed E-state index contributed by atoms with van der Waals surface area (Å²) in [6, 6.07) is 12.0. The maximum absolute atomic E-state index is 13.7. The van der Waals surface area contributed by atoms with E-state index in [-0.39, 0.29) is 23.5 Å². The van der Waals surface area contributed by atoms with Crippen molar-refractivity contribution in [2.75, 3.05) is 19.6 Å². The van der Waals surface area contributed by atoms with Crippen molar-refractivity contribution in [2.24, 2.45) is 17.6 Å². The van der Waals surface area contributed by atoms with Gasteiger partial charge in [0.05, 0.1) is 4.92 Å². The van der Waals surface area contributed by atoms with E-state index in [0.29, 0.717) is 62.5 Å². The van der Waals surface area contributed by atoms with E-state index in [1.165, 1.54) is 36.4 Å². The number of non-ortho nitro benzene ring substituents is 1. The molecule has 0 bridgehead atoms. The highest BCUT2D eigenvalue weighted by Crippen LogP contribution is 2.35. The zero-order chi connectivity index (χ0) is 28.9. The number of likely N-dealkylation sites (tertiary alicyclic amines) is 1. The van der Waals surface area contributed by atoms with Crippen LogP contribution in [0.4, 0.5) is 10.1 Å². The van der Waals surface area contributed by atoms with Gasteiger partial charge in [0.1, 0.15) is 11.9 Å². The van der Waals surface area contributed by atoms with E-state index in [2.05, 4.69) is 10.2 Å². The highest BCUT2D eigenvalue weighted by molar-refractivity contribution is 5.97. The van der Waals surface area contributed by atoms with Crippen molar-refractivity contribution in [1.29, 1.82) is 0 Å². The fraction of sp³-hybridized carbons (Fsp3) is 0.548. The summed E-state index contributed by atoms with van der Waals surface area (Å²) < 4.78 is 13.6. The van der Waals surface area contributed by atoms with Crippen molar-refractivity contribution in [3.8, 4) is 0 Å². The SMILES string of the molecule is NCC1CCCC(CNC(=O)[C@H]2CC(N(Cc3ccc([N+](=O)[O-])cc3)C3CC3)CCN2C(=O)c2ccc(F)cc2)C1. The number of carbonyl (C=O) groups is 2. The van der Waals surface area contributed by atoms with Crippen LogP contribution in [0, 0.1) is 27.8 Å². The van der Waals surface area contributed by atoms with Gasteiger partial charge in [-0.3, -0.25) is 24.6 Å². The minimum absolute atomic E-state index is 0.0619. The molecular formula is C31H40FN5O4. The van der Waals surface area contributed by atoms with Crippen LogP contribution in [0.15, 0.2) is 48.5 Å². The molecule has 1 aliphatic heterocycles. The van der Waals surface area contributed by atoms with Crippen molar-refractivity contribution in [2.45, 2.75) is 76.0 Å². The van der Waals surface area contributed by atoms with Crippen molar-refractivity contribution < 1.29 is 18.9 Å². The highest BCUT2D eigenvalue weighted by atomic mass is 19.1. The van der Waals surface area contributed by atoms with Gasteiger partial charge < -0.3 is 16.0 Å². The number of nitrogens with zero attached hydrogens (tertiary/aromatic N) is 3. The molecule has 41 heavy (non-hydrogen) atoms. The fourth-order valence-electron chi connectivity index (χ4n) is 6.56. The Labute approximate surface area is 240 Å². The first-order valence-electron chi connectivity index (χ1n) is 14.9. The molecule has 2 aromatic rings. The number of benzene rings is 2. The summed E-state index contributed by atoms with van der Waals surface area (Å²) in [5, 5.41) is 14.3. The minimum atomic E-state index is -0.640. The Bertz CT molecular complexity index is 1220. The molecular weight excluding hydrogens is 525 g/mol. The number of nitro groups is 1. The second-order valence-corrected chi connectivity index (χ2v) is 11.9. The zero-order valence-electron chi connectivity index (χ0n) is 23.4. The van der Waals surface area contributed by atoms with Gasteiger partial charge in [0.2, 0.25) is 5.91 Å². The molecule has 2 aromatic carbocycles. The molecule has 10 heteroatoms. The fourth-order valence-corrected chi connectivity index (χ4v) is 6.56. The van der Waals surface area contributed by atoms with E-state index in [9.17, 15) is 24.1 Å². The third-order valence-corrected chi connectivity index (χ3v) is 9.02. The molecule has 9 nitrogen and oxygen atoms in total. The number of halogens is 1. The van der Waals surface area contributed by atoms with E-state index in [1.54, 1.807) is 17.0 Å². The number of hydrogen-bond donors (Lipinski definition) is 2. The Morgan fingerprint density at radius 2 is 1.68 bits per heavy atom. The molecule has 2 aliphatic carbocycles. The lowest BCUT2D eigenvalue weighted by Gasteiger charge is -2.43. The smallest absolute Gasteiger partial charge is 0.269 e. The van der Waals surface area contributed by atoms with Crippen LogP contribution in [0.5, 0.6) is 0 Å². The van der Waals surface area contributed by atoms with Gasteiger partial charge in [-0.15, -0.1) is 0 Å². The highest BCUT2D eigenvalue weighted by Gasteiger charge is 2.42. The maximum Gasteiger partial charge on any atom is 0.269 e. The second-order valence-electron chi connectivity index (χ2n) is 11.9. The first-order chi connectivity index (χ1) is 19.8. The lowest BCUT2D eigenvalue weighted by molar-refractivity contribution is -0.384. The molecule has 0 radical (unpaired) electrons. The standard InChI is InChI=1S/C31H40FN5O4/c32-25-8-6-24(7-9-25)31(39)35-15-14-28(17-29(35)30(38)34-19-23-3-1-2-22(16-23)18-33)36(26-12-13-26)20-21-4-10-27(11-5-21)37(40)41/h4-11,22-23,26,28-29H,1-3,12-20,33H2,(H,34,38)/t22?,23?,28?,29-/m1/s1. The molecule has 0 spiro atoms. The average molecular weight is 566 g/mol. The molecule has 4 atom stereocenters. The van der Waals surface area contributed by atoms with Crippen molar-refractivity contribution in [1.82, 2.24) is 15.1 Å². The van der Waals surface area contributed by atoms with Crippen LogP contribution in [0.25, 0.3) is 0 Å². The van der Waals surface area contributed by atoms with Gasteiger partial charge in [-0.05, 0) is 93.2 Å². The van der Waals surface area contributed by atoms with E-state index in [0.717, 1.165) is 44.1 Å². The predicted molar refractivity (Wildman–Crippen MR) is 153 cm³/mol. The third-order valence-electron chi connectivity index (χ3n) is 9.02. The van der Waals surface area contributed by atoms with E-state index >= 15 is 0 Å². The monoisotopic (exact) mass is 565 g/mol. The summed E-state index contributed by atoms with van der Waals surface area (Å²) in [6.45, 7) is 2.29. The molecule has 1 saturated heterocycles. The second kappa shape index (κ2) is 13.1. The van der Waals surface area contributed by atoms with Crippen LogP contribution in [0.3, 0.4) is 0 Å². The predicted octanol–water partition coefficient (Wildman–Crippen LogP) is 4.25. The van der Waals surface area contributed by atoms with Crippen molar-refractivity contribution in [3.63, 3.8) is 0 Å². The Balaban J connectivity index is 1.32. The molecule has 220 valence electrons. The molecule has 2 saturated carbocycles. The molecule has 3 fully saturated rings. The molecule has 3 aliphatic rings. The summed E-state index contributed by atoms with van der Waals surface area (Å²) in [5.74, 6) is 0.0489. The minimum Gasteiger partial charge on any atom is -0.354 e. The zero-order valence-corrected chi connectivity index (χ0v) is 23.4. The first kappa shape index (κ1) is 29.1. The number of piperidine rings is 1. The summed E-state index contributed by atoms with van der Waals surface area (Å²) >= 11 is 0. The average Bonchev–Trinajstić information content (AvgIpc) is 3.84. The first-order valence-corrected chi connectivity index (χ1v) is 14.9. The van der Waals surface area contributed by atoms with E-state index < -0.39 is 16.8 Å². The van der Waals surface area contributed by atoms with Gasteiger partial charge in [-0.25, -0.2) is 4.39 Å². The third kappa shape index (κ3) is 7.29. The lowest BCUT2D eigenvalue weighted by Crippen LogP contribution is -2.58. The summed E-state index contributed by atoms with van der Waals surface area (Å²) in [6.07, 6.45) is 7.67. The number of nitro benzene ring substituents is 1. The molecule has 0 aromatic heterocycles. The van der Waals surface area contributed by atoms with Gasteiger partial charge in [0, 0.05) is 49.4 Å². The molecule has 3 N–H and O–H groups in total. The Kier molecular flexibility index (Phi) is 9.29. The summed E-state index contributed by atoms with van der Waals surface area (Å²) in [4.78, 5) is 42.0. The quantitative estimate of drug-likeness (QED) is 0.328. The number of amides is 2. The van der Waals surface area contributed by atoms with Gasteiger partial charge in [0.15, 0.2) is 0 Å². The topological polar surface area (TPSA) is 122 Å². The maximum atomic E-state index is 13.7. The Morgan fingerprint density at radius 1 is 0.976 bits per heavy atom. The van der Waals surface area contributed by atoms with Crippen LogP contribution < -0.4 is 11.1 Å². The Hall–Kier alpha value is -3.37. The number of hydrogen-bond acceptors (Lipinski definition) is 6. The normalized spacial score (nSPS) is 24.7. The molecule has 1 heterocycles. The van der Waals surface area contributed by atoms with Crippen LogP contribution in [-0.2, 0) is 11.3 Å². The summed E-state index contributed by atoms with van der Waals surface area (Å²) in [5.41, 5.74) is 7.33. The van der Waals surface area contributed by atoms with Crippen LogP contribution in [0.2, 0.25) is 0 Å². The number of carbonyl (C=O) groups excluding carboxylic acids is 2. The number of nitrogens with one attached hydrogen (secondary N) is 1. The number of rotatable bonds is 10. The number of nitrogens with two attached hydrogens (primary N) is 1. The lowest BCUT2D eigenvalue weighted by atomic mass is 9.81. The van der Waals surface area contributed by atoms with Gasteiger partial charge >= 0.3 is 0 Å².